The van der Waals surface area contributed by atoms with Crippen LogP contribution in [0.3, 0.4) is 0 Å². The number of hydrogen-bond donors (Lipinski definition) is 1. The Labute approximate surface area is 136 Å². The van der Waals surface area contributed by atoms with E-state index in [1.54, 1.807) is 6.08 Å². The average Bonchev–Trinajstić information content (AvgIpc) is 2.74. The van der Waals surface area contributed by atoms with Gasteiger partial charge in [-0.25, -0.2) is 0 Å². The lowest BCUT2D eigenvalue weighted by atomic mass is 9.45. The first kappa shape index (κ1) is 15.3. The molecule has 0 aliphatic heterocycles. The lowest BCUT2D eigenvalue weighted by Gasteiger charge is -2.59. The van der Waals surface area contributed by atoms with Crippen LogP contribution in [0.25, 0.3) is 0 Å². The highest BCUT2D eigenvalue weighted by Gasteiger charge is 2.67. The number of fused-ring (bicyclic) bond motifs is 5. The van der Waals surface area contributed by atoms with Gasteiger partial charge in [-0.15, -0.1) is 0 Å². The van der Waals surface area contributed by atoms with Crippen LogP contribution in [-0.2, 0) is 14.4 Å². The molecule has 0 bridgehead atoms. The Balaban J connectivity index is 1.81. The van der Waals surface area contributed by atoms with Gasteiger partial charge < -0.3 is 5.11 Å². The van der Waals surface area contributed by atoms with Crippen molar-refractivity contribution in [3.8, 4) is 0 Å². The Hall–Kier alpha value is -1.29. The van der Waals surface area contributed by atoms with Crippen molar-refractivity contribution in [3.05, 3.63) is 11.6 Å². The fourth-order valence-electron chi connectivity index (χ4n) is 6.11. The molecule has 5 atom stereocenters. The summed E-state index contributed by atoms with van der Waals surface area (Å²) < 4.78 is 0. The number of hydrogen-bond acceptors (Lipinski definition) is 4. The summed E-state index contributed by atoms with van der Waals surface area (Å²) in [6.07, 6.45) is 5.43. The summed E-state index contributed by atoms with van der Waals surface area (Å²) >= 11 is 0. The zero-order valence-corrected chi connectivity index (χ0v) is 13.9. The molecule has 0 aromatic rings. The minimum Gasteiger partial charge on any atom is -0.389 e. The second kappa shape index (κ2) is 4.41. The number of carbonyl (C=O) groups excluding carboxylic acids is 3. The smallest absolute Gasteiger partial charge is 0.159 e. The van der Waals surface area contributed by atoms with E-state index in [1.165, 1.54) is 0 Å². The average molecular weight is 316 g/mol. The van der Waals surface area contributed by atoms with Crippen LogP contribution < -0.4 is 0 Å². The standard InChI is InChI=1S/C19H24O4/c1-17-6-3-11(20)9-14(17)15(21)10-13-12(17)4-7-18(2)16(22)5-8-19(13,18)23/h9,12-13,23H,3-8,10H2,1-2H3/t12-,13-,17-,18-,19-/m1/s1. The first-order chi connectivity index (χ1) is 10.7. The van der Waals surface area contributed by atoms with Crippen molar-refractivity contribution in [2.45, 2.75) is 64.4 Å². The molecule has 0 saturated heterocycles. The van der Waals surface area contributed by atoms with Crippen molar-refractivity contribution in [3.63, 3.8) is 0 Å². The summed E-state index contributed by atoms with van der Waals surface area (Å²) in [5.41, 5.74) is -1.40. The third-order valence-corrected chi connectivity index (χ3v) is 7.69. The molecule has 0 unspecified atom stereocenters. The van der Waals surface area contributed by atoms with Gasteiger partial charge in [-0.1, -0.05) is 6.92 Å². The summed E-state index contributed by atoms with van der Waals surface area (Å²) in [6, 6.07) is 0. The number of rotatable bonds is 0. The highest BCUT2D eigenvalue weighted by molar-refractivity contribution is 6.06. The van der Waals surface area contributed by atoms with E-state index in [1.807, 2.05) is 6.92 Å². The Kier molecular flexibility index (Phi) is 2.92. The first-order valence-corrected chi connectivity index (χ1v) is 8.76. The minimum absolute atomic E-state index is 0.00109. The largest absolute Gasteiger partial charge is 0.389 e. The van der Waals surface area contributed by atoms with E-state index in [4.69, 9.17) is 0 Å². The topological polar surface area (TPSA) is 71.4 Å². The maximum Gasteiger partial charge on any atom is 0.159 e. The first-order valence-electron chi connectivity index (χ1n) is 8.76. The molecule has 1 N–H and O–H groups in total. The Morgan fingerprint density at radius 3 is 2.52 bits per heavy atom. The summed E-state index contributed by atoms with van der Waals surface area (Å²) in [5.74, 6) is 0.216. The lowest BCUT2D eigenvalue weighted by Crippen LogP contribution is -2.62. The SMILES string of the molecule is C[C@]12CCC(=O)C=C1C(=O)C[C@@H]1[C@H]2CC[C@]2(C)C(=O)CC[C@@]12O. The van der Waals surface area contributed by atoms with Crippen molar-refractivity contribution in [2.75, 3.05) is 0 Å². The molecule has 0 amide bonds. The van der Waals surface area contributed by atoms with Gasteiger partial charge in [0, 0.05) is 24.8 Å². The second-order valence-corrected chi connectivity index (χ2v) is 8.50. The van der Waals surface area contributed by atoms with Gasteiger partial charge in [0.15, 0.2) is 11.6 Å². The molecule has 4 aliphatic carbocycles. The Morgan fingerprint density at radius 1 is 1.04 bits per heavy atom. The van der Waals surface area contributed by atoms with Gasteiger partial charge >= 0.3 is 0 Å². The molecule has 3 saturated carbocycles. The predicted octanol–water partition coefficient (Wildman–Crippen LogP) is 2.38. The normalized spacial score (nSPS) is 49.3. The summed E-state index contributed by atoms with van der Waals surface area (Å²) in [6.45, 7) is 3.98. The van der Waals surface area contributed by atoms with Crippen LogP contribution in [0.4, 0.5) is 0 Å². The third kappa shape index (κ3) is 1.68. The van der Waals surface area contributed by atoms with Crippen LogP contribution in [0.15, 0.2) is 11.6 Å². The Bertz CT molecular complexity index is 662. The van der Waals surface area contributed by atoms with Gasteiger partial charge in [0.25, 0.3) is 0 Å². The number of Topliss-reactive ketones (excluding diaryl/α,β-unsaturated/α-hetero) is 2. The maximum atomic E-state index is 12.7. The molecule has 4 aliphatic rings. The van der Waals surface area contributed by atoms with Gasteiger partial charge in [-0.05, 0) is 55.9 Å². The number of carbonyl (C=O) groups is 3. The molecule has 23 heavy (non-hydrogen) atoms. The zero-order valence-electron chi connectivity index (χ0n) is 13.9. The van der Waals surface area contributed by atoms with Crippen molar-refractivity contribution in [1.29, 1.82) is 0 Å². The van der Waals surface area contributed by atoms with Gasteiger partial charge in [0.1, 0.15) is 5.78 Å². The second-order valence-electron chi connectivity index (χ2n) is 8.50. The molecule has 0 aromatic carbocycles. The molecule has 4 rings (SSSR count). The van der Waals surface area contributed by atoms with Crippen LogP contribution >= 0.6 is 0 Å². The van der Waals surface area contributed by atoms with Crippen LogP contribution in [0.1, 0.15) is 58.8 Å². The van der Waals surface area contributed by atoms with E-state index in [9.17, 15) is 19.5 Å². The zero-order chi connectivity index (χ0) is 16.6. The van der Waals surface area contributed by atoms with E-state index in [2.05, 4.69) is 6.92 Å². The molecular weight excluding hydrogens is 292 g/mol. The van der Waals surface area contributed by atoms with Crippen LogP contribution in [-0.4, -0.2) is 28.1 Å². The predicted molar refractivity (Wildman–Crippen MR) is 83.6 cm³/mol. The highest BCUT2D eigenvalue weighted by atomic mass is 16.3. The highest BCUT2D eigenvalue weighted by Crippen LogP contribution is 2.65. The third-order valence-electron chi connectivity index (χ3n) is 7.69. The monoisotopic (exact) mass is 316 g/mol. The number of ketones is 3. The van der Waals surface area contributed by atoms with E-state index in [0.717, 1.165) is 6.42 Å². The van der Waals surface area contributed by atoms with Crippen molar-refractivity contribution in [2.24, 2.45) is 22.7 Å². The summed E-state index contributed by atoms with van der Waals surface area (Å²) in [4.78, 5) is 36.9. The number of aliphatic hydroxyl groups is 1. The summed E-state index contributed by atoms with van der Waals surface area (Å²) in [7, 11) is 0. The molecule has 124 valence electrons. The van der Waals surface area contributed by atoms with Gasteiger partial charge in [0.05, 0.1) is 11.0 Å². The minimum atomic E-state index is -1.06. The maximum absolute atomic E-state index is 12.7. The molecule has 0 spiro atoms. The molecule has 0 aromatic heterocycles. The quantitative estimate of drug-likeness (QED) is 0.745. The summed E-state index contributed by atoms with van der Waals surface area (Å²) in [5, 5.41) is 11.5. The van der Waals surface area contributed by atoms with Crippen LogP contribution in [0, 0.1) is 22.7 Å². The van der Waals surface area contributed by atoms with Gasteiger partial charge in [0.2, 0.25) is 0 Å². The molecule has 4 heteroatoms. The van der Waals surface area contributed by atoms with E-state index >= 15 is 0 Å². The fraction of sp³-hybridized carbons (Fsp3) is 0.737. The van der Waals surface area contributed by atoms with E-state index in [0.29, 0.717) is 37.7 Å². The number of allylic oxidation sites excluding steroid dienone is 1. The van der Waals surface area contributed by atoms with Crippen LogP contribution in [0.2, 0.25) is 0 Å². The van der Waals surface area contributed by atoms with E-state index in [-0.39, 0.29) is 41.0 Å². The van der Waals surface area contributed by atoms with Crippen molar-refractivity contribution < 1.29 is 19.5 Å². The molecule has 4 nitrogen and oxygen atoms in total. The van der Waals surface area contributed by atoms with Crippen LogP contribution in [0.5, 0.6) is 0 Å². The molecule has 0 radical (unpaired) electrons. The molecular formula is C19H24O4. The lowest BCUT2D eigenvalue weighted by molar-refractivity contribution is -0.181. The van der Waals surface area contributed by atoms with Gasteiger partial charge in [-0.2, -0.15) is 0 Å². The van der Waals surface area contributed by atoms with Gasteiger partial charge in [-0.3, -0.25) is 14.4 Å². The molecule has 3 fully saturated rings. The van der Waals surface area contributed by atoms with Crippen molar-refractivity contribution >= 4 is 17.3 Å². The van der Waals surface area contributed by atoms with Crippen molar-refractivity contribution in [1.82, 2.24) is 0 Å². The molecule has 0 heterocycles. The fourth-order valence-corrected chi connectivity index (χ4v) is 6.11. The van der Waals surface area contributed by atoms with E-state index < -0.39 is 11.0 Å². The Morgan fingerprint density at radius 2 is 1.78 bits per heavy atom.